The molecule has 1 aromatic rings. The molecule has 116 valence electrons. The lowest BCUT2D eigenvalue weighted by atomic mass is 9.86. The molecule has 0 amide bonds. The molecular weight excluding hydrogens is 260 g/mol. The molecule has 3 heteroatoms. The van der Waals surface area contributed by atoms with E-state index >= 15 is 0 Å². The van der Waals surface area contributed by atoms with E-state index in [1.54, 1.807) is 0 Å². The number of benzene rings is 1. The first-order valence-corrected chi connectivity index (χ1v) is 8.31. The highest BCUT2D eigenvalue weighted by Crippen LogP contribution is 2.39. The Morgan fingerprint density at radius 2 is 2.10 bits per heavy atom. The van der Waals surface area contributed by atoms with Gasteiger partial charge in [0, 0.05) is 18.2 Å². The number of nitrogens with zero attached hydrogens (tertiary/aromatic N) is 1. The van der Waals surface area contributed by atoms with E-state index < -0.39 is 0 Å². The van der Waals surface area contributed by atoms with Gasteiger partial charge in [0.05, 0.1) is 6.61 Å². The highest BCUT2D eigenvalue weighted by Gasteiger charge is 2.31. The van der Waals surface area contributed by atoms with Crippen molar-refractivity contribution in [2.24, 2.45) is 17.6 Å². The Bertz CT molecular complexity index is 484. The van der Waals surface area contributed by atoms with E-state index in [-0.39, 0.29) is 0 Å². The Hall–Kier alpha value is -1.06. The number of nitrogens with two attached hydrogens (primary N) is 1. The summed E-state index contributed by atoms with van der Waals surface area (Å²) < 4.78 is 6.17. The maximum atomic E-state index is 6.17. The Labute approximate surface area is 128 Å². The first-order valence-electron chi connectivity index (χ1n) is 8.31. The standard InChI is InChI=1S/C18H28N2O/c1-13-6-7-18(21-12-14-4-3-5-14)16(8-13)17-9-15(10-19)11-20(17)2/h6-8,14-15,17H,3-5,9-12,19H2,1-2H3. The molecule has 0 aromatic heterocycles. The molecule has 1 aliphatic carbocycles. The fourth-order valence-electron chi connectivity index (χ4n) is 3.57. The zero-order chi connectivity index (χ0) is 14.8. The van der Waals surface area contributed by atoms with Gasteiger partial charge in [0.2, 0.25) is 0 Å². The fourth-order valence-corrected chi connectivity index (χ4v) is 3.57. The van der Waals surface area contributed by atoms with E-state index in [2.05, 4.69) is 37.1 Å². The minimum absolute atomic E-state index is 0.454. The van der Waals surface area contributed by atoms with Crippen molar-refractivity contribution in [1.82, 2.24) is 4.90 Å². The van der Waals surface area contributed by atoms with Crippen LogP contribution in [0.25, 0.3) is 0 Å². The highest BCUT2D eigenvalue weighted by molar-refractivity contribution is 5.39. The van der Waals surface area contributed by atoms with Gasteiger partial charge in [-0.1, -0.05) is 24.1 Å². The number of hydrogen-bond donors (Lipinski definition) is 1. The summed E-state index contributed by atoms with van der Waals surface area (Å²) in [5.41, 5.74) is 8.54. The normalized spacial score (nSPS) is 26.8. The molecule has 21 heavy (non-hydrogen) atoms. The van der Waals surface area contributed by atoms with Gasteiger partial charge in [-0.3, -0.25) is 4.90 Å². The lowest BCUT2D eigenvalue weighted by Gasteiger charge is -2.27. The maximum absolute atomic E-state index is 6.17. The Balaban J connectivity index is 1.77. The Kier molecular flexibility index (Phi) is 4.51. The largest absolute Gasteiger partial charge is 0.493 e. The molecule has 2 fully saturated rings. The molecule has 1 heterocycles. The SMILES string of the molecule is Cc1ccc(OCC2CCC2)c(C2CC(CN)CN2C)c1. The van der Waals surface area contributed by atoms with E-state index in [1.807, 2.05) is 0 Å². The van der Waals surface area contributed by atoms with Crippen LogP contribution in [0.15, 0.2) is 18.2 Å². The second-order valence-electron chi connectivity index (χ2n) is 6.94. The molecule has 1 saturated heterocycles. The smallest absolute Gasteiger partial charge is 0.124 e. The molecule has 0 bridgehead atoms. The van der Waals surface area contributed by atoms with Gasteiger partial charge in [0.15, 0.2) is 0 Å². The van der Waals surface area contributed by atoms with Crippen LogP contribution in [0, 0.1) is 18.8 Å². The Morgan fingerprint density at radius 3 is 2.71 bits per heavy atom. The third-order valence-electron chi connectivity index (χ3n) is 5.19. The van der Waals surface area contributed by atoms with E-state index in [9.17, 15) is 0 Å². The molecular formula is C18H28N2O. The van der Waals surface area contributed by atoms with Crippen LogP contribution in [0.2, 0.25) is 0 Å². The summed E-state index contributed by atoms with van der Waals surface area (Å²) in [7, 11) is 2.21. The molecule has 0 radical (unpaired) electrons. The summed E-state index contributed by atoms with van der Waals surface area (Å²) in [6.07, 6.45) is 5.19. The first-order chi connectivity index (χ1) is 10.2. The molecule has 1 aromatic carbocycles. The van der Waals surface area contributed by atoms with Crippen LogP contribution < -0.4 is 10.5 Å². The van der Waals surface area contributed by atoms with E-state index in [4.69, 9.17) is 10.5 Å². The van der Waals surface area contributed by atoms with Crippen molar-refractivity contribution >= 4 is 0 Å². The number of ether oxygens (including phenoxy) is 1. The summed E-state index contributed by atoms with van der Waals surface area (Å²) in [5, 5.41) is 0. The fraction of sp³-hybridized carbons (Fsp3) is 0.667. The van der Waals surface area contributed by atoms with E-state index in [0.717, 1.165) is 37.8 Å². The monoisotopic (exact) mass is 288 g/mol. The van der Waals surface area contributed by atoms with Crippen LogP contribution in [0.4, 0.5) is 0 Å². The predicted octanol–water partition coefficient (Wildman–Crippen LogP) is 3.13. The lowest BCUT2D eigenvalue weighted by molar-refractivity contribution is 0.176. The van der Waals surface area contributed by atoms with Crippen molar-refractivity contribution < 1.29 is 4.74 Å². The van der Waals surface area contributed by atoms with Crippen LogP contribution in [-0.4, -0.2) is 31.6 Å². The molecule has 2 atom stereocenters. The third-order valence-corrected chi connectivity index (χ3v) is 5.19. The van der Waals surface area contributed by atoms with Gasteiger partial charge >= 0.3 is 0 Å². The van der Waals surface area contributed by atoms with Crippen molar-refractivity contribution in [1.29, 1.82) is 0 Å². The quantitative estimate of drug-likeness (QED) is 0.904. The lowest BCUT2D eigenvalue weighted by Crippen LogP contribution is -2.22. The maximum Gasteiger partial charge on any atom is 0.124 e. The Morgan fingerprint density at radius 1 is 1.29 bits per heavy atom. The van der Waals surface area contributed by atoms with Gasteiger partial charge in [0.1, 0.15) is 5.75 Å². The molecule has 3 nitrogen and oxygen atoms in total. The minimum Gasteiger partial charge on any atom is -0.493 e. The molecule has 1 saturated carbocycles. The van der Waals surface area contributed by atoms with Crippen molar-refractivity contribution in [3.05, 3.63) is 29.3 Å². The topological polar surface area (TPSA) is 38.5 Å². The summed E-state index contributed by atoms with van der Waals surface area (Å²) in [6.45, 7) is 4.92. The van der Waals surface area contributed by atoms with Crippen molar-refractivity contribution in [2.75, 3.05) is 26.7 Å². The third kappa shape index (κ3) is 3.24. The summed E-state index contributed by atoms with van der Waals surface area (Å²) in [5.74, 6) is 2.47. The average molecular weight is 288 g/mol. The number of aryl methyl sites for hydroxylation is 1. The molecule has 2 aliphatic rings. The summed E-state index contributed by atoms with van der Waals surface area (Å²) in [4.78, 5) is 2.43. The van der Waals surface area contributed by atoms with Crippen LogP contribution in [-0.2, 0) is 0 Å². The van der Waals surface area contributed by atoms with Crippen LogP contribution in [0.3, 0.4) is 0 Å². The summed E-state index contributed by atoms with van der Waals surface area (Å²) >= 11 is 0. The number of hydrogen-bond acceptors (Lipinski definition) is 3. The van der Waals surface area contributed by atoms with Gasteiger partial charge in [-0.2, -0.15) is 0 Å². The van der Waals surface area contributed by atoms with Crippen LogP contribution >= 0.6 is 0 Å². The second kappa shape index (κ2) is 6.37. The van der Waals surface area contributed by atoms with E-state index in [1.165, 1.54) is 30.4 Å². The molecule has 0 spiro atoms. The average Bonchev–Trinajstić information content (AvgIpc) is 2.79. The predicted molar refractivity (Wildman–Crippen MR) is 86.5 cm³/mol. The van der Waals surface area contributed by atoms with Crippen molar-refractivity contribution in [3.63, 3.8) is 0 Å². The van der Waals surface area contributed by atoms with Gasteiger partial charge in [-0.05, 0) is 57.7 Å². The van der Waals surface area contributed by atoms with Crippen molar-refractivity contribution in [3.8, 4) is 5.75 Å². The van der Waals surface area contributed by atoms with E-state index in [0.29, 0.717) is 12.0 Å². The van der Waals surface area contributed by atoms with Gasteiger partial charge < -0.3 is 10.5 Å². The minimum atomic E-state index is 0.454. The van der Waals surface area contributed by atoms with Crippen LogP contribution in [0.1, 0.15) is 42.9 Å². The zero-order valence-corrected chi connectivity index (χ0v) is 13.3. The van der Waals surface area contributed by atoms with Gasteiger partial charge in [-0.25, -0.2) is 0 Å². The molecule has 3 rings (SSSR count). The molecule has 2 N–H and O–H groups in total. The van der Waals surface area contributed by atoms with Gasteiger partial charge in [-0.15, -0.1) is 0 Å². The first kappa shape index (κ1) is 14.9. The second-order valence-corrected chi connectivity index (χ2v) is 6.94. The molecule has 1 aliphatic heterocycles. The van der Waals surface area contributed by atoms with Gasteiger partial charge in [0.25, 0.3) is 0 Å². The number of likely N-dealkylation sites (tertiary alicyclic amines) is 1. The number of rotatable bonds is 5. The van der Waals surface area contributed by atoms with Crippen LogP contribution in [0.5, 0.6) is 5.75 Å². The van der Waals surface area contributed by atoms with Crippen molar-refractivity contribution in [2.45, 2.75) is 38.6 Å². The molecule has 2 unspecified atom stereocenters. The highest BCUT2D eigenvalue weighted by atomic mass is 16.5. The zero-order valence-electron chi connectivity index (χ0n) is 13.3. The summed E-state index contributed by atoms with van der Waals surface area (Å²) in [6, 6.07) is 7.08.